The van der Waals surface area contributed by atoms with Gasteiger partial charge in [-0.15, -0.1) is 0 Å². The van der Waals surface area contributed by atoms with Gasteiger partial charge in [-0.25, -0.2) is 15.0 Å². The largest absolute Gasteiger partial charge is 0.497 e. The summed E-state index contributed by atoms with van der Waals surface area (Å²) in [6.45, 7) is 1.63. The monoisotopic (exact) mass is 409 g/mol. The third-order valence-electron chi connectivity index (χ3n) is 5.09. The number of nitrogens with zero attached hydrogens (tertiary/aromatic N) is 5. The summed E-state index contributed by atoms with van der Waals surface area (Å²) >= 11 is 0. The van der Waals surface area contributed by atoms with Crippen LogP contribution in [0.5, 0.6) is 11.5 Å². The minimum Gasteiger partial charge on any atom is -0.497 e. The van der Waals surface area contributed by atoms with E-state index in [0.717, 1.165) is 5.56 Å². The maximum Gasteiger partial charge on any atom is 0.255 e. The van der Waals surface area contributed by atoms with E-state index in [1.54, 1.807) is 38.1 Å². The van der Waals surface area contributed by atoms with Gasteiger partial charge in [0.2, 0.25) is 5.95 Å². The molecule has 1 aliphatic heterocycles. The van der Waals surface area contributed by atoms with Crippen molar-refractivity contribution in [2.45, 2.75) is 6.10 Å². The van der Waals surface area contributed by atoms with Gasteiger partial charge in [0.25, 0.3) is 5.56 Å². The zero-order chi connectivity index (χ0) is 21.1. The maximum atomic E-state index is 12.6. The lowest BCUT2D eigenvalue weighted by Gasteiger charge is -2.35. The zero-order valence-electron chi connectivity index (χ0n) is 17.1. The molecule has 9 nitrogen and oxygen atoms in total. The summed E-state index contributed by atoms with van der Waals surface area (Å²) in [5.74, 6) is 1.97. The normalized spacial score (nSPS) is 16.4. The summed E-state index contributed by atoms with van der Waals surface area (Å²) in [5.41, 5.74) is 1.88. The Kier molecular flexibility index (Phi) is 5.62. The first-order chi connectivity index (χ1) is 14.6. The average Bonchev–Trinajstić information content (AvgIpc) is 2.81. The molecule has 156 valence electrons. The van der Waals surface area contributed by atoms with Gasteiger partial charge in [0.05, 0.1) is 38.8 Å². The van der Waals surface area contributed by atoms with Crippen LogP contribution in [-0.2, 0) is 11.8 Å². The molecule has 0 aliphatic carbocycles. The molecule has 3 aromatic rings. The molecule has 4 rings (SSSR count). The second-order valence-corrected chi connectivity index (χ2v) is 6.85. The Labute approximate surface area is 173 Å². The molecular formula is C21H23N5O4. The summed E-state index contributed by atoms with van der Waals surface area (Å²) < 4.78 is 18.4. The number of aromatic nitrogens is 4. The highest BCUT2D eigenvalue weighted by atomic mass is 16.5. The molecule has 1 atom stereocenters. The number of morpholine rings is 1. The molecule has 1 saturated heterocycles. The molecule has 0 unspecified atom stereocenters. The molecule has 0 spiro atoms. The van der Waals surface area contributed by atoms with Crippen LogP contribution in [0, 0.1) is 0 Å². The maximum absolute atomic E-state index is 12.6. The van der Waals surface area contributed by atoms with Gasteiger partial charge in [0, 0.05) is 37.5 Å². The number of anilines is 1. The average molecular weight is 409 g/mol. The topological polar surface area (TPSA) is 91.6 Å². The number of hydrogen-bond donors (Lipinski definition) is 0. The van der Waals surface area contributed by atoms with Crippen LogP contribution in [0.2, 0.25) is 0 Å². The number of rotatable bonds is 5. The van der Waals surface area contributed by atoms with Crippen molar-refractivity contribution in [3.63, 3.8) is 0 Å². The summed E-state index contributed by atoms with van der Waals surface area (Å²) in [5, 5.41) is 0. The first kappa shape index (κ1) is 19.8. The van der Waals surface area contributed by atoms with Gasteiger partial charge in [0.1, 0.15) is 23.9 Å². The molecule has 0 N–H and O–H groups in total. The molecule has 2 aromatic heterocycles. The highest BCUT2D eigenvalue weighted by Crippen LogP contribution is 2.34. The fourth-order valence-corrected chi connectivity index (χ4v) is 3.49. The van der Waals surface area contributed by atoms with Gasteiger partial charge in [-0.3, -0.25) is 9.36 Å². The number of benzene rings is 1. The van der Waals surface area contributed by atoms with Crippen molar-refractivity contribution in [1.29, 1.82) is 0 Å². The molecule has 0 amide bonds. The predicted molar refractivity (Wildman–Crippen MR) is 111 cm³/mol. The van der Waals surface area contributed by atoms with Gasteiger partial charge in [-0.05, 0) is 18.2 Å². The molecule has 1 fully saturated rings. The SMILES string of the molecule is COc1ccc([C@H]2CN(c3nc(-c4ccncn4)cc(=O)n3C)CCO2)c(OC)c1. The van der Waals surface area contributed by atoms with Gasteiger partial charge in [0.15, 0.2) is 0 Å². The second kappa shape index (κ2) is 8.50. The van der Waals surface area contributed by atoms with E-state index in [2.05, 4.69) is 9.97 Å². The van der Waals surface area contributed by atoms with Crippen molar-refractivity contribution >= 4 is 5.95 Å². The number of ether oxygens (including phenoxy) is 3. The van der Waals surface area contributed by atoms with E-state index in [1.165, 1.54) is 12.4 Å². The van der Waals surface area contributed by atoms with E-state index in [1.807, 2.05) is 23.1 Å². The van der Waals surface area contributed by atoms with E-state index >= 15 is 0 Å². The minimum absolute atomic E-state index is 0.154. The van der Waals surface area contributed by atoms with Crippen LogP contribution in [-0.4, -0.2) is 53.4 Å². The number of methoxy groups -OCH3 is 2. The zero-order valence-corrected chi connectivity index (χ0v) is 17.1. The molecule has 0 bridgehead atoms. The van der Waals surface area contributed by atoms with Gasteiger partial charge >= 0.3 is 0 Å². The van der Waals surface area contributed by atoms with Crippen molar-refractivity contribution in [3.8, 4) is 22.9 Å². The van der Waals surface area contributed by atoms with Crippen LogP contribution in [0.15, 0.2) is 47.7 Å². The molecular weight excluding hydrogens is 386 g/mol. The third-order valence-corrected chi connectivity index (χ3v) is 5.09. The van der Waals surface area contributed by atoms with Gasteiger partial charge in [-0.2, -0.15) is 0 Å². The smallest absolute Gasteiger partial charge is 0.255 e. The number of hydrogen-bond acceptors (Lipinski definition) is 8. The first-order valence-corrected chi connectivity index (χ1v) is 9.53. The van der Waals surface area contributed by atoms with Crippen molar-refractivity contribution in [1.82, 2.24) is 19.5 Å². The Morgan fingerprint density at radius 2 is 2.00 bits per heavy atom. The van der Waals surface area contributed by atoms with Crippen LogP contribution >= 0.6 is 0 Å². The quantitative estimate of drug-likeness (QED) is 0.630. The molecule has 1 aliphatic rings. The summed E-state index contributed by atoms with van der Waals surface area (Å²) in [6.07, 6.45) is 2.83. The van der Waals surface area contributed by atoms with Crippen LogP contribution in [0.1, 0.15) is 11.7 Å². The fourth-order valence-electron chi connectivity index (χ4n) is 3.49. The molecule has 30 heavy (non-hydrogen) atoms. The lowest BCUT2D eigenvalue weighted by Crippen LogP contribution is -2.41. The molecule has 0 radical (unpaired) electrons. The Bertz CT molecular complexity index is 1090. The van der Waals surface area contributed by atoms with Crippen molar-refractivity contribution in [2.24, 2.45) is 7.05 Å². The van der Waals surface area contributed by atoms with E-state index in [0.29, 0.717) is 48.5 Å². The molecule has 1 aromatic carbocycles. The fraction of sp³-hybridized carbons (Fsp3) is 0.333. The highest BCUT2D eigenvalue weighted by molar-refractivity contribution is 5.55. The third kappa shape index (κ3) is 3.84. The lowest BCUT2D eigenvalue weighted by molar-refractivity contribution is 0.0374. The summed E-state index contributed by atoms with van der Waals surface area (Å²) in [7, 11) is 4.95. The van der Waals surface area contributed by atoms with Gasteiger partial charge < -0.3 is 19.1 Å². The van der Waals surface area contributed by atoms with Crippen molar-refractivity contribution in [3.05, 3.63) is 58.8 Å². The molecule has 9 heteroatoms. The van der Waals surface area contributed by atoms with Crippen LogP contribution < -0.4 is 19.9 Å². The van der Waals surface area contributed by atoms with Gasteiger partial charge in [-0.1, -0.05) is 0 Å². The Balaban J connectivity index is 1.67. The van der Waals surface area contributed by atoms with E-state index < -0.39 is 0 Å². The van der Waals surface area contributed by atoms with Crippen molar-refractivity contribution in [2.75, 3.05) is 38.8 Å². The lowest BCUT2D eigenvalue weighted by atomic mass is 10.1. The van der Waals surface area contributed by atoms with Crippen LogP contribution in [0.4, 0.5) is 5.95 Å². The summed E-state index contributed by atoms with van der Waals surface area (Å²) in [4.78, 5) is 27.5. The van der Waals surface area contributed by atoms with E-state index in [4.69, 9.17) is 19.2 Å². The van der Waals surface area contributed by atoms with Crippen LogP contribution in [0.3, 0.4) is 0 Å². The molecule has 3 heterocycles. The van der Waals surface area contributed by atoms with Crippen LogP contribution in [0.25, 0.3) is 11.4 Å². The van der Waals surface area contributed by atoms with E-state index in [-0.39, 0.29) is 11.7 Å². The predicted octanol–water partition coefficient (Wildman–Crippen LogP) is 1.83. The first-order valence-electron chi connectivity index (χ1n) is 9.53. The minimum atomic E-state index is -0.237. The Morgan fingerprint density at radius 3 is 2.73 bits per heavy atom. The standard InChI is InChI=1S/C21H23N5O4/c1-25-20(27)11-17(16-6-7-22-13-23-16)24-21(25)26-8-9-30-19(12-26)15-5-4-14(28-2)10-18(15)29-3/h4-7,10-11,13,19H,8-9,12H2,1-3H3/t19-/m1/s1. The summed E-state index contributed by atoms with van der Waals surface area (Å²) in [6, 6.07) is 8.87. The van der Waals surface area contributed by atoms with E-state index in [9.17, 15) is 4.79 Å². The Hall–Kier alpha value is -3.46. The molecule has 0 saturated carbocycles. The second-order valence-electron chi connectivity index (χ2n) is 6.85. The van der Waals surface area contributed by atoms with Crippen molar-refractivity contribution < 1.29 is 14.2 Å². The Morgan fingerprint density at radius 1 is 1.13 bits per heavy atom. The highest BCUT2D eigenvalue weighted by Gasteiger charge is 2.27.